The van der Waals surface area contributed by atoms with E-state index in [1.165, 1.54) is 6.92 Å². The summed E-state index contributed by atoms with van der Waals surface area (Å²) in [6, 6.07) is 6.78. The summed E-state index contributed by atoms with van der Waals surface area (Å²) >= 11 is 1.55. The molecule has 0 bridgehead atoms. The number of carbonyl (C=O) groups is 2. The summed E-state index contributed by atoms with van der Waals surface area (Å²) < 4.78 is 1.72. The summed E-state index contributed by atoms with van der Waals surface area (Å²) in [7, 11) is 0. The average Bonchev–Trinajstić information content (AvgIpc) is 3.06. The van der Waals surface area contributed by atoms with E-state index in [0.29, 0.717) is 17.1 Å². The van der Waals surface area contributed by atoms with E-state index in [4.69, 9.17) is 0 Å². The second kappa shape index (κ2) is 7.79. The Morgan fingerprint density at radius 1 is 1.14 bits per heavy atom. The second-order valence-electron chi connectivity index (χ2n) is 7.18. The van der Waals surface area contributed by atoms with Gasteiger partial charge in [-0.05, 0) is 49.9 Å². The molecule has 1 aliphatic heterocycles. The van der Waals surface area contributed by atoms with Crippen molar-refractivity contribution in [1.82, 2.24) is 9.55 Å². The summed E-state index contributed by atoms with van der Waals surface area (Å²) in [5.41, 5.74) is 3.13. The Bertz CT molecular complexity index is 984. The predicted octanol–water partition coefficient (Wildman–Crippen LogP) is 2.76. The molecule has 0 saturated heterocycles. The number of anilines is 2. The molecule has 2 N–H and O–H groups in total. The van der Waals surface area contributed by atoms with Crippen molar-refractivity contribution in [1.29, 1.82) is 0 Å². The van der Waals surface area contributed by atoms with Gasteiger partial charge >= 0.3 is 0 Å². The number of aryl methyl sites for hydroxylation is 1. The van der Waals surface area contributed by atoms with Crippen molar-refractivity contribution in [2.45, 2.75) is 50.2 Å². The predicted molar refractivity (Wildman–Crippen MR) is 109 cm³/mol. The van der Waals surface area contributed by atoms with Gasteiger partial charge < -0.3 is 10.6 Å². The van der Waals surface area contributed by atoms with Crippen molar-refractivity contribution in [3.05, 3.63) is 45.9 Å². The van der Waals surface area contributed by atoms with Gasteiger partial charge in [0.2, 0.25) is 11.8 Å². The SMILES string of the molecule is CC(=O)Nc1ccc(NC(=O)CC2CSc3nc4c(c(=O)n32)CCCC4)cc1. The molecule has 28 heavy (non-hydrogen) atoms. The lowest BCUT2D eigenvalue weighted by atomic mass is 9.97. The Balaban J connectivity index is 1.45. The first-order chi connectivity index (χ1) is 13.5. The molecule has 2 aromatic rings. The molecule has 1 aromatic heterocycles. The topological polar surface area (TPSA) is 93.1 Å². The largest absolute Gasteiger partial charge is 0.326 e. The smallest absolute Gasteiger partial charge is 0.257 e. The average molecular weight is 398 g/mol. The minimum atomic E-state index is -0.175. The van der Waals surface area contributed by atoms with E-state index in [-0.39, 0.29) is 29.8 Å². The maximum atomic E-state index is 12.9. The van der Waals surface area contributed by atoms with Crippen LogP contribution in [0, 0.1) is 0 Å². The van der Waals surface area contributed by atoms with E-state index in [0.717, 1.165) is 42.1 Å². The van der Waals surface area contributed by atoms with Crippen LogP contribution in [0.5, 0.6) is 0 Å². The maximum absolute atomic E-state index is 12.9. The third kappa shape index (κ3) is 3.82. The third-order valence-electron chi connectivity index (χ3n) is 5.03. The number of fused-ring (bicyclic) bond motifs is 2. The van der Waals surface area contributed by atoms with Crippen molar-refractivity contribution in [3.63, 3.8) is 0 Å². The van der Waals surface area contributed by atoms with E-state index < -0.39 is 0 Å². The molecule has 0 radical (unpaired) electrons. The van der Waals surface area contributed by atoms with Crippen molar-refractivity contribution < 1.29 is 9.59 Å². The Kier molecular flexibility index (Phi) is 5.21. The Labute approximate surface area is 166 Å². The zero-order chi connectivity index (χ0) is 19.7. The number of nitrogens with zero attached hydrogens (tertiary/aromatic N) is 2. The Hall–Kier alpha value is -2.61. The van der Waals surface area contributed by atoms with Gasteiger partial charge in [-0.1, -0.05) is 11.8 Å². The quantitative estimate of drug-likeness (QED) is 0.773. The van der Waals surface area contributed by atoms with Crippen LogP contribution in [0.25, 0.3) is 0 Å². The number of nitrogens with one attached hydrogen (secondary N) is 2. The van der Waals surface area contributed by atoms with Crippen LogP contribution in [0.2, 0.25) is 0 Å². The standard InChI is InChI=1S/C20H22N4O3S/c1-12(25)21-13-6-8-14(9-7-13)22-18(26)10-15-11-28-20-23-17-5-3-2-4-16(17)19(27)24(15)20/h6-9,15H,2-5,10-11H2,1H3,(H,21,25)(H,22,26). The highest BCUT2D eigenvalue weighted by Gasteiger charge is 2.30. The van der Waals surface area contributed by atoms with Crippen molar-refractivity contribution in [2.24, 2.45) is 0 Å². The Morgan fingerprint density at radius 3 is 2.54 bits per heavy atom. The molecule has 0 spiro atoms. The number of hydrogen-bond donors (Lipinski definition) is 2. The van der Waals surface area contributed by atoms with E-state index in [9.17, 15) is 14.4 Å². The number of hydrogen-bond acceptors (Lipinski definition) is 5. The van der Waals surface area contributed by atoms with Crippen molar-refractivity contribution in [2.75, 3.05) is 16.4 Å². The number of amides is 2. The summed E-state index contributed by atoms with van der Waals surface area (Å²) in [4.78, 5) is 41.2. The van der Waals surface area contributed by atoms with E-state index in [2.05, 4.69) is 15.6 Å². The van der Waals surface area contributed by atoms with Gasteiger partial charge in [0, 0.05) is 36.0 Å². The lowest BCUT2D eigenvalue weighted by Gasteiger charge is -2.18. The van der Waals surface area contributed by atoms with Gasteiger partial charge in [0.15, 0.2) is 5.16 Å². The molecule has 1 unspecified atom stereocenters. The molecule has 1 aromatic carbocycles. The number of benzene rings is 1. The fraction of sp³-hybridized carbons (Fsp3) is 0.400. The van der Waals surface area contributed by atoms with E-state index >= 15 is 0 Å². The zero-order valence-electron chi connectivity index (χ0n) is 15.7. The molecular weight excluding hydrogens is 376 g/mol. The van der Waals surface area contributed by atoms with E-state index in [1.807, 2.05) is 0 Å². The summed E-state index contributed by atoms with van der Waals surface area (Å²) in [5.74, 6) is 0.394. The van der Waals surface area contributed by atoms with Crippen LogP contribution in [0.3, 0.4) is 0 Å². The molecule has 146 valence electrons. The molecular formula is C20H22N4O3S. The first-order valence-corrected chi connectivity index (χ1v) is 10.4. The number of carbonyl (C=O) groups excluding carboxylic acids is 2. The van der Waals surface area contributed by atoms with Gasteiger partial charge in [0.1, 0.15) is 0 Å². The molecule has 4 rings (SSSR count). The number of rotatable bonds is 4. The fourth-order valence-electron chi connectivity index (χ4n) is 3.73. The third-order valence-corrected chi connectivity index (χ3v) is 6.13. The van der Waals surface area contributed by atoms with Crippen LogP contribution < -0.4 is 16.2 Å². The van der Waals surface area contributed by atoms with Crippen LogP contribution in [0.1, 0.15) is 43.5 Å². The molecule has 2 amide bonds. The van der Waals surface area contributed by atoms with Gasteiger partial charge in [0.05, 0.1) is 11.7 Å². The minimum absolute atomic E-state index is 0.0298. The number of aromatic nitrogens is 2. The van der Waals surface area contributed by atoms with Gasteiger partial charge in [-0.3, -0.25) is 19.0 Å². The Morgan fingerprint density at radius 2 is 1.82 bits per heavy atom. The van der Waals surface area contributed by atoms with Crippen molar-refractivity contribution >= 4 is 35.0 Å². The molecule has 1 aliphatic carbocycles. The van der Waals surface area contributed by atoms with Crippen LogP contribution >= 0.6 is 11.8 Å². The molecule has 2 aliphatic rings. The first kappa shape index (κ1) is 18.7. The van der Waals surface area contributed by atoms with Crippen LogP contribution in [-0.2, 0) is 22.4 Å². The molecule has 0 fully saturated rings. The molecule has 0 saturated carbocycles. The molecule has 2 heterocycles. The first-order valence-electron chi connectivity index (χ1n) is 9.46. The van der Waals surface area contributed by atoms with E-state index in [1.54, 1.807) is 40.6 Å². The van der Waals surface area contributed by atoms with Crippen LogP contribution in [0.4, 0.5) is 11.4 Å². The highest BCUT2D eigenvalue weighted by atomic mass is 32.2. The van der Waals surface area contributed by atoms with Gasteiger partial charge in [-0.15, -0.1) is 0 Å². The minimum Gasteiger partial charge on any atom is -0.326 e. The molecule has 8 heteroatoms. The highest BCUT2D eigenvalue weighted by molar-refractivity contribution is 7.99. The lowest BCUT2D eigenvalue weighted by molar-refractivity contribution is -0.117. The van der Waals surface area contributed by atoms with Crippen molar-refractivity contribution in [3.8, 4) is 0 Å². The van der Waals surface area contributed by atoms with Gasteiger partial charge in [-0.2, -0.15) is 0 Å². The molecule has 1 atom stereocenters. The fourth-order valence-corrected chi connectivity index (χ4v) is 4.88. The highest BCUT2D eigenvalue weighted by Crippen LogP contribution is 2.34. The zero-order valence-corrected chi connectivity index (χ0v) is 16.5. The van der Waals surface area contributed by atoms with Gasteiger partial charge in [0.25, 0.3) is 5.56 Å². The van der Waals surface area contributed by atoms with Crippen LogP contribution in [-0.4, -0.2) is 27.1 Å². The summed E-state index contributed by atoms with van der Waals surface area (Å²) in [6.07, 6.45) is 3.99. The van der Waals surface area contributed by atoms with Gasteiger partial charge in [-0.25, -0.2) is 4.98 Å². The van der Waals surface area contributed by atoms with Crippen LogP contribution in [0.15, 0.2) is 34.2 Å². The molecule has 7 nitrogen and oxygen atoms in total. The maximum Gasteiger partial charge on any atom is 0.257 e. The lowest BCUT2D eigenvalue weighted by Crippen LogP contribution is -2.32. The summed E-state index contributed by atoms with van der Waals surface area (Å²) in [6.45, 7) is 1.45. The number of thioether (sulfide) groups is 1. The monoisotopic (exact) mass is 398 g/mol. The normalized spacial score (nSPS) is 17.5. The second-order valence-corrected chi connectivity index (χ2v) is 8.16. The summed E-state index contributed by atoms with van der Waals surface area (Å²) in [5, 5.41) is 6.29.